The summed E-state index contributed by atoms with van der Waals surface area (Å²) < 4.78 is 0. The molecular formula is C11H14ClNO. The van der Waals surface area contributed by atoms with Crippen LogP contribution in [0.5, 0.6) is 0 Å². The predicted octanol–water partition coefficient (Wildman–Crippen LogP) is 3.00. The monoisotopic (exact) mass is 211 g/mol. The lowest BCUT2D eigenvalue weighted by atomic mass is 10.1. The van der Waals surface area contributed by atoms with E-state index in [9.17, 15) is 4.79 Å². The maximum absolute atomic E-state index is 10.8. The molecule has 0 aliphatic rings. The van der Waals surface area contributed by atoms with Crippen molar-refractivity contribution in [2.75, 3.05) is 11.9 Å². The molecule has 1 aromatic carbocycles. The van der Waals surface area contributed by atoms with E-state index in [1.54, 1.807) is 12.1 Å². The summed E-state index contributed by atoms with van der Waals surface area (Å²) in [6.45, 7) is 4.13. The van der Waals surface area contributed by atoms with Gasteiger partial charge >= 0.3 is 0 Å². The topological polar surface area (TPSA) is 20.3 Å². The van der Waals surface area contributed by atoms with Crippen LogP contribution in [0.2, 0.25) is 5.02 Å². The number of hydrogen-bond acceptors (Lipinski definition) is 2. The highest BCUT2D eigenvalue weighted by atomic mass is 35.5. The van der Waals surface area contributed by atoms with Crippen molar-refractivity contribution in [1.82, 2.24) is 0 Å². The molecule has 0 saturated carbocycles. The van der Waals surface area contributed by atoms with E-state index in [-0.39, 0.29) is 0 Å². The Hall–Kier alpha value is -1.02. The Morgan fingerprint density at radius 1 is 1.43 bits per heavy atom. The first-order chi connectivity index (χ1) is 6.56. The van der Waals surface area contributed by atoms with Crippen molar-refractivity contribution in [2.24, 2.45) is 0 Å². The SMILES string of the molecule is CC(C)N(C)c1cc(Cl)ccc1C=O. The summed E-state index contributed by atoms with van der Waals surface area (Å²) in [4.78, 5) is 12.8. The Kier molecular flexibility index (Phi) is 3.53. The Balaban J connectivity index is 3.16. The summed E-state index contributed by atoms with van der Waals surface area (Å²) in [5.41, 5.74) is 1.55. The molecular weight excluding hydrogens is 198 g/mol. The van der Waals surface area contributed by atoms with E-state index in [4.69, 9.17) is 11.6 Å². The standard InChI is InChI=1S/C11H14ClNO/c1-8(2)13(3)11-6-10(12)5-4-9(11)7-14/h4-8H,1-3H3. The average Bonchev–Trinajstić information content (AvgIpc) is 2.16. The van der Waals surface area contributed by atoms with Crippen molar-refractivity contribution in [2.45, 2.75) is 19.9 Å². The van der Waals surface area contributed by atoms with Crippen molar-refractivity contribution >= 4 is 23.6 Å². The highest BCUT2D eigenvalue weighted by Gasteiger charge is 2.10. The van der Waals surface area contributed by atoms with Gasteiger partial charge in [-0.25, -0.2) is 0 Å². The van der Waals surface area contributed by atoms with Gasteiger partial charge in [0.15, 0.2) is 6.29 Å². The number of rotatable bonds is 3. The number of hydrogen-bond donors (Lipinski definition) is 0. The van der Waals surface area contributed by atoms with Gasteiger partial charge in [0.1, 0.15) is 0 Å². The van der Waals surface area contributed by atoms with E-state index < -0.39 is 0 Å². The lowest BCUT2D eigenvalue weighted by Crippen LogP contribution is -2.26. The number of carbonyl (C=O) groups excluding carboxylic acids is 1. The number of nitrogens with zero attached hydrogens (tertiary/aromatic N) is 1. The van der Waals surface area contributed by atoms with Crippen LogP contribution in [-0.4, -0.2) is 19.4 Å². The predicted molar refractivity (Wildman–Crippen MR) is 60.4 cm³/mol. The fourth-order valence-electron chi connectivity index (χ4n) is 1.20. The summed E-state index contributed by atoms with van der Waals surface area (Å²) in [6.07, 6.45) is 0.852. The average molecular weight is 212 g/mol. The van der Waals surface area contributed by atoms with Crippen molar-refractivity contribution in [3.8, 4) is 0 Å². The smallest absolute Gasteiger partial charge is 0.152 e. The van der Waals surface area contributed by atoms with E-state index >= 15 is 0 Å². The third-order valence-corrected chi connectivity index (χ3v) is 2.51. The molecule has 0 aromatic heterocycles. The molecule has 0 aliphatic carbocycles. The minimum atomic E-state index is 0.340. The summed E-state index contributed by atoms with van der Waals surface area (Å²) >= 11 is 5.88. The van der Waals surface area contributed by atoms with E-state index in [0.717, 1.165) is 12.0 Å². The molecule has 0 aliphatic heterocycles. The van der Waals surface area contributed by atoms with Crippen LogP contribution in [0.15, 0.2) is 18.2 Å². The van der Waals surface area contributed by atoms with Gasteiger partial charge in [0.25, 0.3) is 0 Å². The van der Waals surface area contributed by atoms with Crippen molar-refractivity contribution in [1.29, 1.82) is 0 Å². The molecule has 1 rings (SSSR count). The molecule has 14 heavy (non-hydrogen) atoms. The Labute approximate surface area is 89.5 Å². The van der Waals surface area contributed by atoms with Crippen LogP contribution in [0.1, 0.15) is 24.2 Å². The number of carbonyl (C=O) groups is 1. The van der Waals surface area contributed by atoms with Crippen molar-refractivity contribution < 1.29 is 4.79 Å². The van der Waals surface area contributed by atoms with E-state index in [1.165, 1.54) is 0 Å². The maximum Gasteiger partial charge on any atom is 0.152 e. The molecule has 1 aromatic rings. The Morgan fingerprint density at radius 3 is 2.57 bits per heavy atom. The minimum Gasteiger partial charge on any atom is -0.372 e. The molecule has 0 amide bonds. The van der Waals surface area contributed by atoms with Gasteiger partial charge in [-0.05, 0) is 32.0 Å². The van der Waals surface area contributed by atoms with Crippen molar-refractivity contribution in [3.63, 3.8) is 0 Å². The first kappa shape index (κ1) is 11.1. The lowest BCUT2D eigenvalue weighted by molar-refractivity contribution is 0.112. The molecule has 0 bridgehead atoms. The second-order valence-electron chi connectivity index (χ2n) is 3.53. The van der Waals surface area contributed by atoms with Crippen LogP contribution in [0, 0.1) is 0 Å². The number of benzene rings is 1. The normalized spacial score (nSPS) is 10.4. The van der Waals surface area contributed by atoms with Gasteiger partial charge in [-0.3, -0.25) is 4.79 Å². The lowest BCUT2D eigenvalue weighted by Gasteiger charge is -2.25. The van der Waals surface area contributed by atoms with Crippen molar-refractivity contribution in [3.05, 3.63) is 28.8 Å². The molecule has 0 radical (unpaired) electrons. The van der Waals surface area contributed by atoms with Gasteiger partial charge < -0.3 is 4.90 Å². The Morgan fingerprint density at radius 2 is 2.07 bits per heavy atom. The van der Waals surface area contributed by atoms with Gasteiger partial charge in [0.2, 0.25) is 0 Å². The van der Waals surface area contributed by atoms with E-state index in [2.05, 4.69) is 13.8 Å². The molecule has 76 valence electrons. The van der Waals surface area contributed by atoms with Gasteiger partial charge in [0.05, 0.1) is 0 Å². The summed E-state index contributed by atoms with van der Waals surface area (Å²) in [6, 6.07) is 5.62. The van der Waals surface area contributed by atoms with E-state index in [1.807, 2.05) is 18.0 Å². The third-order valence-electron chi connectivity index (χ3n) is 2.27. The largest absolute Gasteiger partial charge is 0.372 e. The molecule has 0 fully saturated rings. The molecule has 0 unspecified atom stereocenters. The van der Waals surface area contributed by atoms with Gasteiger partial charge in [0, 0.05) is 29.4 Å². The van der Waals surface area contributed by atoms with Crippen LogP contribution in [0.4, 0.5) is 5.69 Å². The molecule has 3 heteroatoms. The molecule has 0 atom stereocenters. The van der Waals surface area contributed by atoms with Gasteiger partial charge in [-0.15, -0.1) is 0 Å². The first-order valence-corrected chi connectivity index (χ1v) is 4.91. The Bertz CT molecular complexity index is 336. The molecule has 0 saturated heterocycles. The molecule has 0 spiro atoms. The molecule has 0 N–H and O–H groups in total. The second kappa shape index (κ2) is 4.47. The number of halogens is 1. The van der Waals surface area contributed by atoms with Crippen LogP contribution in [0.25, 0.3) is 0 Å². The third kappa shape index (κ3) is 2.26. The van der Waals surface area contributed by atoms with Crippen LogP contribution in [0.3, 0.4) is 0 Å². The number of anilines is 1. The quantitative estimate of drug-likeness (QED) is 0.717. The summed E-state index contributed by atoms with van der Waals surface area (Å²) in [5.74, 6) is 0. The fourth-order valence-corrected chi connectivity index (χ4v) is 1.37. The maximum atomic E-state index is 10.8. The highest BCUT2D eigenvalue weighted by Crippen LogP contribution is 2.24. The summed E-state index contributed by atoms with van der Waals surface area (Å²) in [5, 5.41) is 0.651. The van der Waals surface area contributed by atoms with Gasteiger partial charge in [-0.2, -0.15) is 0 Å². The zero-order chi connectivity index (χ0) is 10.7. The van der Waals surface area contributed by atoms with Crippen LogP contribution in [-0.2, 0) is 0 Å². The fraction of sp³-hybridized carbons (Fsp3) is 0.364. The van der Waals surface area contributed by atoms with E-state index in [0.29, 0.717) is 16.6 Å². The first-order valence-electron chi connectivity index (χ1n) is 4.54. The zero-order valence-corrected chi connectivity index (χ0v) is 9.38. The highest BCUT2D eigenvalue weighted by molar-refractivity contribution is 6.31. The number of aldehydes is 1. The second-order valence-corrected chi connectivity index (χ2v) is 3.96. The minimum absolute atomic E-state index is 0.340. The van der Waals surface area contributed by atoms with Gasteiger partial charge in [-0.1, -0.05) is 11.6 Å². The van der Waals surface area contributed by atoms with Crippen LogP contribution >= 0.6 is 11.6 Å². The summed E-state index contributed by atoms with van der Waals surface area (Å²) in [7, 11) is 1.95. The zero-order valence-electron chi connectivity index (χ0n) is 8.62. The molecule has 0 heterocycles. The van der Waals surface area contributed by atoms with Crippen LogP contribution < -0.4 is 4.90 Å². The molecule has 2 nitrogen and oxygen atoms in total.